The molecule has 0 atom stereocenters. The maximum Gasteiger partial charge on any atom is 0.292 e. The third kappa shape index (κ3) is 3.12. The fourth-order valence-electron chi connectivity index (χ4n) is 1.01. The van der Waals surface area contributed by atoms with Gasteiger partial charge in [-0.05, 0) is 0 Å². The summed E-state index contributed by atoms with van der Waals surface area (Å²) < 4.78 is 1.87. The molecule has 0 aliphatic carbocycles. The number of terminal acetylenes is 1. The molecule has 0 fully saturated rings. The molecule has 4 nitrogen and oxygen atoms in total. The van der Waals surface area contributed by atoms with E-state index < -0.39 is 0 Å². The molecule has 1 heterocycles. The Morgan fingerprint density at radius 3 is 3.06 bits per heavy atom. The van der Waals surface area contributed by atoms with Gasteiger partial charge in [-0.2, -0.15) is 5.10 Å². The molecule has 0 spiro atoms. The number of nitrogens with zero attached hydrogens (tertiary/aromatic N) is 2. The van der Waals surface area contributed by atoms with Crippen LogP contribution in [-0.2, 0) is 6.54 Å². The number of rotatable bonds is 4. The number of anilines is 1. The average Bonchev–Trinajstić information content (AvgIpc) is 2.22. The summed E-state index contributed by atoms with van der Waals surface area (Å²) in [5.74, 6) is 2.34. The van der Waals surface area contributed by atoms with Crippen LogP contribution in [0.15, 0.2) is 22.1 Å². The molecule has 0 saturated carbocycles. The van der Waals surface area contributed by atoms with Crippen LogP contribution in [-0.4, -0.2) is 16.3 Å². The van der Waals surface area contributed by atoms with Gasteiger partial charge in [0.15, 0.2) is 0 Å². The van der Waals surface area contributed by atoms with Crippen molar-refractivity contribution < 1.29 is 0 Å². The van der Waals surface area contributed by atoms with Crippen molar-refractivity contribution in [1.82, 2.24) is 9.78 Å². The summed E-state index contributed by atoms with van der Waals surface area (Å²) in [7, 11) is 0. The third-order valence-electron chi connectivity index (χ3n) is 1.70. The van der Waals surface area contributed by atoms with E-state index in [9.17, 15) is 4.79 Å². The van der Waals surface area contributed by atoms with Gasteiger partial charge in [-0.15, -0.1) is 6.42 Å². The molecule has 84 valence electrons. The maximum atomic E-state index is 11.8. The molecule has 0 amide bonds. The molecule has 0 aliphatic heterocycles. The first-order chi connectivity index (χ1) is 7.56. The van der Waals surface area contributed by atoms with Crippen molar-refractivity contribution in [3.8, 4) is 12.3 Å². The first kappa shape index (κ1) is 12.8. The molecule has 0 aliphatic rings. The SMILES string of the molecule is C#CCn1ncc(Cl)c(NCC(=C)Br)c1=O. The van der Waals surface area contributed by atoms with Crippen molar-refractivity contribution >= 4 is 33.2 Å². The van der Waals surface area contributed by atoms with E-state index in [4.69, 9.17) is 18.0 Å². The summed E-state index contributed by atoms with van der Waals surface area (Å²) in [6.07, 6.45) is 6.49. The Morgan fingerprint density at radius 1 is 1.81 bits per heavy atom. The number of aromatic nitrogens is 2. The molecule has 1 rings (SSSR count). The highest BCUT2D eigenvalue weighted by Crippen LogP contribution is 2.15. The molecule has 1 N–H and O–H groups in total. The van der Waals surface area contributed by atoms with E-state index in [2.05, 4.69) is 38.8 Å². The van der Waals surface area contributed by atoms with Crippen LogP contribution in [0, 0.1) is 12.3 Å². The second-order valence-electron chi connectivity index (χ2n) is 2.91. The van der Waals surface area contributed by atoms with Crippen molar-refractivity contribution in [2.45, 2.75) is 6.54 Å². The van der Waals surface area contributed by atoms with Crippen LogP contribution in [0.2, 0.25) is 5.02 Å². The van der Waals surface area contributed by atoms with E-state index in [1.54, 1.807) is 0 Å². The van der Waals surface area contributed by atoms with Crippen LogP contribution in [0.25, 0.3) is 0 Å². The minimum atomic E-state index is -0.348. The van der Waals surface area contributed by atoms with Crippen LogP contribution in [0.1, 0.15) is 0 Å². The van der Waals surface area contributed by atoms with Gasteiger partial charge in [-0.3, -0.25) is 4.79 Å². The molecule has 1 aromatic heterocycles. The summed E-state index contributed by atoms with van der Waals surface area (Å²) in [6.45, 7) is 4.15. The highest BCUT2D eigenvalue weighted by molar-refractivity contribution is 9.11. The first-order valence-electron chi connectivity index (χ1n) is 4.32. The standard InChI is InChI=1S/C10H9BrClN3O/c1-3-4-15-10(16)9(8(12)6-14-15)13-5-7(2)11/h1,6,13H,2,4-5H2. The number of hydrogen-bond acceptors (Lipinski definition) is 3. The molecule has 16 heavy (non-hydrogen) atoms. The lowest BCUT2D eigenvalue weighted by Gasteiger charge is -2.08. The van der Waals surface area contributed by atoms with E-state index in [1.165, 1.54) is 6.20 Å². The fraction of sp³-hybridized carbons (Fsp3) is 0.200. The first-order valence-corrected chi connectivity index (χ1v) is 5.49. The molecular formula is C10H9BrClN3O. The summed E-state index contributed by atoms with van der Waals surface area (Å²) in [5, 5.41) is 6.93. The van der Waals surface area contributed by atoms with E-state index in [0.717, 1.165) is 4.68 Å². The number of hydrogen-bond donors (Lipinski definition) is 1. The van der Waals surface area contributed by atoms with Crippen molar-refractivity contribution in [2.75, 3.05) is 11.9 Å². The Hall–Kier alpha value is -1.25. The predicted octanol–water partition coefficient (Wildman–Crippen LogP) is 1.85. The minimum absolute atomic E-state index is 0.111. The summed E-state index contributed by atoms with van der Waals surface area (Å²) in [5.41, 5.74) is -0.0771. The second kappa shape index (κ2) is 5.73. The van der Waals surface area contributed by atoms with E-state index in [-0.39, 0.29) is 22.8 Å². The van der Waals surface area contributed by atoms with Crippen LogP contribution < -0.4 is 10.9 Å². The zero-order valence-corrected chi connectivity index (χ0v) is 10.7. The van der Waals surface area contributed by atoms with E-state index in [1.807, 2.05) is 0 Å². The van der Waals surface area contributed by atoms with Crippen molar-refractivity contribution in [1.29, 1.82) is 0 Å². The van der Waals surface area contributed by atoms with E-state index >= 15 is 0 Å². The quantitative estimate of drug-likeness (QED) is 0.864. The van der Waals surface area contributed by atoms with Crippen LogP contribution in [0.5, 0.6) is 0 Å². The molecule has 0 radical (unpaired) electrons. The molecule has 0 aromatic carbocycles. The lowest BCUT2D eigenvalue weighted by molar-refractivity contribution is 0.664. The number of halogens is 2. The van der Waals surface area contributed by atoms with Crippen molar-refractivity contribution in [2.24, 2.45) is 0 Å². The lowest BCUT2D eigenvalue weighted by Crippen LogP contribution is -2.26. The molecule has 0 saturated heterocycles. The highest BCUT2D eigenvalue weighted by atomic mass is 79.9. The van der Waals surface area contributed by atoms with Gasteiger partial charge < -0.3 is 5.32 Å². The number of nitrogens with one attached hydrogen (secondary N) is 1. The topological polar surface area (TPSA) is 46.9 Å². The molecular weight excluding hydrogens is 293 g/mol. The van der Waals surface area contributed by atoms with Crippen LogP contribution in [0.4, 0.5) is 5.69 Å². The van der Waals surface area contributed by atoms with Gasteiger partial charge >= 0.3 is 0 Å². The van der Waals surface area contributed by atoms with Crippen LogP contribution in [0.3, 0.4) is 0 Å². The maximum absolute atomic E-state index is 11.8. The smallest absolute Gasteiger partial charge is 0.292 e. The zero-order valence-electron chi connectivity index (χ0n) is 8.33. The van der Waals surface area contributed by atoms with Gasteiger partial charge in [0.05, 0.1) is 11.2 Å². The molecule has 0 bridgehead atoms. The summed E-state index contributed by atoms with van der Waals surface area (Å²) >= 11 is 9.02. The Labute approximate surface area is 106 Å². The molecule has 0 unspecified atom stereocenters. The van der Waals surface area contributed by atoms with Crippen LogP contribution >= 0.6 is 27.5 Å². The summed E-state index contributed by atoms with van der Waals surface area (Å²) in [6, 6.07) is 0. The van der Waals surface area contributed by atoms with Gasteiger partial charge in [0.1, 0.15) is 12.2 Å². The largest absolute Gasteiger partial charge is 0.375 e. The minimum Gasteiger partial charge on any atom is -0.375 e. The van der Waals surface area contributed by atoms with Gasteiger partial charge in [-0.25, -0.2) is 4.68 Å². The molecule has 1 aromatic rings. The normalized spacial score (nSPS) is 9.56. The van der Waals surface area contributed by atoms with Crippen molar-refractivity contribution in [3.05, 3.63) is 32.6 Å². The molecule has 6 heteroatoms. The fourth-order valence-corrected chi connectivity index (χ4v) is 1.34. The third-order valence-corrected chi connectivity index (χ3v) is 2.26. The second-order valence-corrected chi connectivity index (χ2v) is 4.43. The monoisotopic (exact) mass is 301 g/mol. The Kier molecular flexibility index (Phi) is 4.59. The lowest BCUT2D eigenvalue weighted by atomic mass is 10.4. The predicted molar refractivity (Wildman–Crippen MR) is 68.9 cm³/mol. The van der Waals surface area contributed by atoms with Crippen molar-refractivity contribution in [3.63, 3.8) is 0 Å². The highest BCUT2D eigenvalue weighted by Gasteiger charge is 2.08. The van der Waals surface area contributed by atoms with Gasteiger partial charge in [0.25, 0.3) is 5.56 Å². The summed E-state index contributed by atoms with van der Waals surface area (Å²) in [4.78, 5) is 11.8. The van der Waals surface area contributed by atoms with E-state index in [0.29, 0.717) is 11.0 Å². The Bertz CT molecular complexity index is 504. The Balaban J connectivity index is 3.07. The van der Waals surface area contributed by atoms with Gasteiger partial charge in [-0.1, -0.05) is 40.0 Å². The van der Waals surface area contributed by atoms with Gasteiger partial charge in [0, 0.05) is 11.0 Å². The zero-order chi connectivity index (χ0) is 12.1. The average molecular weight is 303 g/mol. The van der Waals surface area contributed by atoms with Gasteiger partial charge in [0.2, 0.25) is 0 Å². The Morgan fingerprint density at radius 2 is 2.50 bits per heavy atom.